The summed E-state index contributed by atoms with van der Waals surface area (Å²) in [5.41, 5.74) is 2.14. The van der Waals surface area contributed by atoms with Crippen LogP contribution in [0.4, 0.5) is 13.2 Å². The van der Waals surface area contributed by atoms with Crippen LogP contribution in [0.1, 0.15) is 48.9 Å². The summed E-state index contributed by atoms with van der Waals surface area (Å²) >= 11 is 0. The number of fused-ring (bicyclic) bond motifs is 1. The molecule has 0 unspecified atom stereocenters. The van der Waals surface area contributed by atoms with E-state index in [1.165, 1.54) is 6.07 Å². The summed E-state index contributed by atoms with van der Waals surface area (Å²) in [6.45, 7) is 6.11. The van der Waals surface area contributed by atoms with Crippen molar-refractivity contribution in [1.29, 1.82) is 0 Å². The highest BCUT2D eigenvalue weighted by molar-refractivity contribution is 5.45. The Bertz CT molecular complexity index is 466. The molecule has 4 heteroatoms. The molecule has 0 radical (unpaired) electrons. The zero-order valence-corrected chi connectivity index (χ0v) is 12.2. The maximum Gasteiger partial charge on any atom is 0.416 e. The van der Waals surface area contributed by atoms with Gasteiger partial charge in [0.2, 0.25) is 0 Å². The third-order valence-corrected chi connectivity index (χ3v) is 4.08. The molecule has 0 amide bonds. The van der Waals surface area contributed by atoms with E-state index in [1.807, 2.05) is 6.92 Å². The number of alkyl halides is 3. The van der Waals surface area contributed by atoms with Gasteiger partial charge in [0.05, 0.1) is 5.56 Å². The number of hydrogen-bond donors (Lipinski definition) is 0. The maximum atomic E-state index is 13.2. The summed E-state index contributed by atoms with van der Waals surface area (Å²) in [5.74, 6) is 0. The molecule has 0 N–H and O–H groups in total. The van der Waals surface area contributed by atoms with E-state index in [2.05, 4.69) is 11.8 Å². The van der Waals surface area contributed by atoms with Crippen LogP contribution in [0.5, 0.6) is 0 Å². The van der Waals surface area contributed by atoms with Gasteiger partial charge in [-0.05, 0) is 61.5 Å². The molecule has 0 atom stereocenters. The van der Waals surface area contributed by atoms with Crippen molar-refractivity contribution in [3.8, 4) is 0 Å². The predicted molar refractivity (Wildman–Crippen MR) is 74.7 cm³/mol. The van der Waals surface area contributed by atoms with Gasteiger partial charge in [-0.2, -0.15) is 13.2 Å². The van der Waals surface area contributed by atoms with Gasteiger partial charge in [-0.15, -0.1) is 0 Å². The lowest BCUT2D eigenvalue weighted by Crippen LogP contribution is -2.26. The van der Waals surface area contributed by atoms with Crippen molar-refractivity contribution in [2.24, 2.45) is 0 Å². The Kier molecular flexibility index (Phi) is 4.74. The number of rotatable bonds is 5. The fourth-order valence-corrected chi connectivity index (χ4v) is 3.08. The molecule has 0 saturated carbocycles. The average Bonchev–Trinajstić information content (AvgIpc) is 2.85. The molecule has 1 aliphatic carbocycles. The first kappa shape index (κ1) is 15.4. The van der Waals surface area contributed by atoms with Gasteiger partial charge in [0.1, 0.15) is 0 Å². The Morgan fingerprint density at radius 1 is 1.15 bits per heavy atom. The molecule has 0 fully saturated rings. The molecule has 0 aromatic heterocycles. The first-order valence-electron chi connectivity index (χ1n) is 7.40. The molecule has 1 aliphatic rings. The summed E-state index contributed by atoms with van der Waals surface area (Å²) in [6.07, 6.45) is -0.606. The van der Waals surface area contributed by atoms with Crippen molar-refractivity contribution < 1.29 is 13.2 Å². The van der Waals surface area contributed by atoms with Crippen LogP contribution < -0.4 is 0 Å². The largest absolute Gasteiger partial charge is 0.416 e. The van der Waals surface area contributed by atoms with Crippen LogP contribution in [-0.4, -0.2) is 18.0 Å². The summed E-state index contributed by atoms with van der Waals surface area (Å²) in [7, 11) is 0. The molecule has 1 nitrogen and oxygen atoms in total. The normalized spacial score (nSPS) is 14.9. The second-order valence-corrected chi connectivity index (χ2v) is 5.45. The molecule has 1 aromatic carbocycles. The minimum Gasteiger partial charge on any atom is -0.299 e. The van der Waals surface area contributed by atoms with Crippen molar-refractivity contribution in [2.45, 2.75) is 52.3 Å². The third kappa shape index (κ3) is 3.17. The first-order chi connectivity index (χ1) is 9.47. The monoisotopic (exact) mass is 285 g/mol. The number of aryl methyl sites for hydroxylation is 1. The van der Waals surface area contributed by atoms with Crippen molar-refractivity contribution in [3.63, 3.8) is 0 Å². The van der Waals surface area contributed by atoms with Crippen molar-refractivity contribution in [1.82, 2.24) is 4.90 Å². The SMILES string of the molecule is CCCN(CC)Cc1c(C(F)(F)F)ccc2c1CCC2. The molecule has 1 aromatic rings. The second-order valence-electron chi connectivity index (χ2n) is 5.45. The number of nitrogens with zero attached hydrogens (tertiary/aromatic N) is 1. The molecular formula is C16H22F3N. The lowest BCUT2D eigenvalue weighted by molar-refractivity contribution is -0.138. The van der Waals surface area contributed by atoms with Crippen LogP contribution in [-0.2, 0) is 25.6 Å². The molecule has 0 bridgehead atoms. The van der Waals surface area contributed by atoms with E-state index < -0.39 is 11.7 Å². The van der Waals surface area contributed by atoms with Gasteiger partial charge in [0.25, 0.3) is 0 Å². The van der Waals surface area contributed by atoms with Gasteiger partial charge in [0.15, 0.2) is 0 Å². The molecule has 20 heavy (non-hydrogen) atoms. The van der Waals surface area contributed by atoms with Gasteiger partial charge in [-0.25, -0.2) is 0 Å². The van der Waals surface area contributed by atoms with Gasteiger partial charge >= 0.3 is 6.18 Å². The molecule has 0 spiro atoms. The summed E-state index contributed by atoms with van der Waals surface area (Å²) in [6, 6.07) is 2.95. The van der Waals surface area contributed by atoms with Crippen molar-refractivity contribution >= 4 is 0 Å². The Balaban J connectivity index is 2.40. The van der Waals surface area contributed by atoms with E-state index in [1.54, 1.807) is 6.07 Å². The lowest BCUT2D eigenvalue weighted by atomic mass is 9.96. The fraction of sp³-hybridized carbons (Fsp3) is 0.625. The molecule has 0 aliphatic heterocycles. The maximum absolute atomic E-state index is 13.2. The quantitative estimate of drug-likeness (QED) is 0.773. The third-order valence-electron chi connectivity index (χ3n) is 4.08. The zero-order chi connectivity index (χ0) is 14.8. The topological polar surface area (TPSA) is 3.24 Å². The summed E-state index contributed by atoms with van der Waals surface area (Å²) in [4.78, 5) is 2.10. The first-order valence-corrected chi connectivity index (χ1v) is 7.40. The summed E-state index contributed by atoms with van der Waals surface area (Å²) in [5, 5.41) is 0. The van der Waals surface area contributed by atoms with E-state index in [-0.39, 0.29) is 0 Å². The Morgan fingerprint density at radius 2 is 1.90 bits per heavy atom. The second kappa shape index (κ2) is 6.17. The van der Waals surface area contributed by atoms with Crippen LogP contribution >= 0.6 is 0 Å². The van der Waals surface area contributed by atoms with E-state index in [0.717, 1.165) is 49.9 Å². The zero-order valence-electron chi connectivity index (χ0n) is 12.2. The van der Waals surface area contributed by atoms with Gasteiger partial charge in [0, 0.05) is 6.54 Å². The van der Waals surface area contributed by atoms with Crippen molar-refractivity contribution in [2.75, 3.05) is 13.1 Å². The Hall–Kier alpha value is -1.03. The number of hydrogen-bond acceptors (Lipinski definition) is 1. The molecule has 0 saturated heterocycles. The minimum absolute atomic E-state index is 0.419. The van der Waals surface area contributed by atoms with Crippen LogP contribution in [0.25, 0.3) is 0 Å². The van der Waals surface area contributed by atoms with E-state index in [0.29, 0.717) is 12.1 Å². The standard InChI is InChI=1S/C16H22F3N/c1-3-10-20(4-2)11-14-13-7-5-6-12(13)8-9-15(14)16(17,18)19/h8-9H,3-7,10-11H2,1-2H3. The number of benzene rings is 1. The minimum atomic E-state index is -4.25. The fourth-order valence-electron chi connectivity index (χ4n) is 3.08. The molecule has 0 heterocycles. The Labute approximate surface area is 118 Å². The highest BCUT2D eigenvalue weighted by atomic mass is 19.4. The highest BCUT2D eigenvalue weighted by Crippen LogP contribution is 2.37. The Morgan fingerprint density at radius 3 is 2.50 bits per heavy atom. The molecule has 112 valence electrons. The van der Waals surface area contributed by atoms with Crippen molar-refractivity contribution in [3.05, 3.63) is 34.4 Å². The van der Waals surface area contributed by atoms with Crippen LogP contribution in [0, 0.1) is 0 Å². The smallest absolute Gasteiger partial charge is 0.299 e. The van der Waals surface area contributed by atoms with Gasteiger partial charge in [-0.3, -0.25) is 4.90 Å². The van der Waals surface area contributed by atoms with Crippen LogP contribution in [0.3, 0.4) is 0 Å². The van der Waals surface area contributed by atoms with E-state index in [4.69, 9.17) is 0 Å². The van der Waals surface area contributed by atoms with Crippen LogP contribution in [0.2, 0.25) is 0 Å². The highest BCUT2D eigenvalue weighted by Gasteiger charge is 2.35. The molecule has 2 rings (SSSR count). The lowest BCUT2D eigenvalue weighted by Gasteiger charge is -2.24. The van der Waals surface area contributed by atoms with E-state index >= 15 is 0 Å². The van der Waals surface area contributed by atoms with Gasteiger partial charge < -0.3 is 0 Å². The van der Waals surface area contributed by atoms with E-state index in [9.17, 15) is 13.2 Å². The molecular weight excluding hydrogens is 263 g/mol. The van der Waals surface area contributed by atoms with Gasteiger partial charge in [-0.1, -0.05) is 19.9 Å². The number of halogens is 3. The average molecular weight is 285 g/mol. The predicted octanol–water partition coefficient (Wildman–Crippen LogP) is 4.43. The summed E-state index contributed by atoms with van der Waals surface area (Å²) < 4.78 is 39.7. The van der Waals surface area contributed by atoms with Crippen LogP contribution in [0.15, 0.2) is 12.1 Å².